The van der Waals surface area contributed by atoms with Crippen LogP contribution < -0.4 is 4.31 Å². The summed E-state index contributed by atoms with van der Waals surface area (Å²) >= 11 is 1.48. The van der Waals surface area contributed by atoms with Gasteiger partial charge >= 0.3 is 0 Å². The lowest BCUT2D eigenvalue weighted by atomic mass is 10.2. The molecule has 0 saturated carbocycles. The number of aromatic nitrogens is 2. The van der Waals surface area contributed by atoms with Gasteiger partial charge in [0.15, 0.2) is 0 Å². The SMILES string of the molecule is O=S(=O)(c1cn(-c2ccccc2)nc1-c1cccs1)N1CCc2ccccc21. The van der Waals surface area contributed by atoms with Crippen LogP contribution in [0.3, 0.4) is 0 Å². The Kier molecular flexibility index (Phi) is 4.07. The quantitative estimate of drug-likeness (QED) is 0.505. The van der Waals surface area contributed by atoms with Crippen molar-refractivity contribution in [1.82, 2.24) is 9.78 Å². The monoisotopic (exact) mass is 407 g/mol. The average Bonchev–Trinajstić information content (AvgIpc) is 3.47. The highest BCUT2D eigenvalue weighted by molar-refractivity contribution is 7.93. The van der Waals surface area contributed by atoms with E-state index in [1.54, 1.807) is 10.9 Å². The molecule has 140 valence electrons. The van der Waals surface area contributed by atoms with E-state index < -0.39 is 10.0 Å². The van der Waals surface area contributed by atoms with Gasteiger partial charge < -0.3 is 0 Å². The molecular formula is C21H17N3O2S2. The van der Waals surface area contributed by atoms with E-state index in [0.29, 0.717) is 12.2 Å². The van der Waals surface area contributed by atoms with Crippen LogP contribution in [-0.2, 0) is 16.4 Å². The van der Waals surface area contributed by atoms with Crippen molar-refractivity contribution in [2.75, 3.05) is 10.8 Å². The first-order valence-corrected chi connectivity index (χ1v) is 11.3. The van der Waals surface area contributed by atoms with Crippen molar-refractivity contribution in [3.05, 3.63) is 83.9 Å². The molecule has 2 aromatic heterocycles. The summed E-state index contributed by atoms with van der Waals surface area (Å²) in [5, 5.41) is 6.57. The molecule has 0 atom stereocenters. The minimum atomic E-state index is -3.74. The highest BCUT2D eigenvalue weighted by Gasteiger charge is 2.34. The normalized spacial score (nSPS) is 13.6. The number of sulfonamides is 1. The number of hydrogen-bond donors (Lipinski definition) is 0. The molecule has 1 aliphatic rings. The number of rotatable bonds is 4. The molecule has 2 aromatic carbocycles. The molecular weight excluding hydrogens is 390 g/mol. The summed E-state index contributed by atoms with van der Waals surface area (Å²) < 4.78 is 30.4. The minimum absolute atomic E-state index is 0.232. The Balaban J connectivity index is 1.68. The zero-order valence-corrected chi connectivity index (χ0v) is 16.5. The maximum Gasteiger partial charge on any atom is 0.268 e. The highest BCUT2D eigenvalue weighted by Crippen LogP contribution is 2.37. The zero-order chi connectivity index (χ0) is 19.1. The van der Waals surface area contributed by atoms with Crippen molar-refractivity contribution in [3.8, 4) is 16.3 Å². The van der Waals surface area contributed by atoms with Gasteiger partial charge in [-0.05, 0) is 41.6 Å². The van der Waals surface area contributed by atoms with Gasteiger partial charge in [-0.3, -0.25) is 4.31 Å². The third-order valence-corrected chi connectivity index (χ3v) is 7.56. The van der Waals surface area contributed by atoms with Crippen molar-refractivity contribution in [2.45, 2.75) is 11.3 Å². The average molecular weight is 408 g/mol. The second-order valence-electron chi connectivity index (χ2n) is 6.56. The molecule has 7 heteroatoms. The summed E-state index contributed by atoms with van der Waals surface area (Å²) in [6.45, 7) is 0.447. The number of anilines is 1. The van der Waals surface area contributed by atoms with Gasteiger partial charge in [-0.25, -0.2) is 13.1 Å². The van der Waals surface area contributed by atoms with Crippen LogP contribution in [0.15, 0.2) is 83.2 Å². The first-order chi connectivity index (χ1) is 13.6. The summed E-state index contributed by atoms with van der Waals surface area (Å²) in [4.78, 5) is 1.07. The van der Waals surface area contributed by atoms with Crippen LogP contribution in [0.1, 0.15) is 5.56 Å². The number of hydrogen-bond acceptors (Lipinski definition) is 4. The van der Waals surface area contributed by atoms with Gasteiger partial charge in [0.2, 0.25) is 0 Å². The van der Waals surface area contributed by atoms with Gasteiger partial charge in [0.05, 0.1) is 22.4 Å². The van der Waals surface area contributed by atoms with E-state index >= 15 is 0 Å². The lowest BCUT2D eigenvalue weighted by Gasteiger charge is -2.19. The summed E-state index contributed by atoms with van der Waals surface area (Å²) in [5.41, 5.74) is 3.12. The van der Waals surface area contributed by atoms with Crippen molar-refractivity contribution in [1.29, 1.82) is 0 Å². The molecule has 0 spiro atoms. The summed E-state index contributed by atoms with van der Waals surface area (Å²) in [7, 11) is -3.74. The first kappa shape index (κ1) is 17.2. The summed E-state index contributed by atoms with van der Waals surface area (Å²) in [6.07, 6.45) is 2.34. The molecule has 0 aliphatic carbocycles. The van der Waals surface area contributed by atoms with Crippen LogP contribution in [-0.4, -0.2) is 24.7 Å². The van der Waals surface area contributed by atoms with Gasteiger partial charge in [0, 0.05) is 6.54 Å². The molecule has 1 aliphatic heterocycles. The molecule has 28 heavy (non-hydrogen) atoms. The largest absolute Gasteiger partial charge is 0.268 e. The Bertz CT molecular complexity index is 1230. The zero-order valence-electron chi connectivity index (χ0n) is 14.9. The molecule has 0 radical (unpaired) electrons. The predicted octanol–water partition coefficient (Wildman–Crippen LogP) is 4.35. The molecule has 0 amide bonds. The molecule has 4 aromatic rings. The van der Waals surface area contributed by atoms with Crippen LogP contribution in [0.2, 0.25) is 0 Å². The lowest BCUT2D eigenvalue weighted by molar-refractivity contribution is 0.592. The topological polar surface area (TPSA) is 55.2 Å². The highest BCUT2D eigenvalue weighted by atomic mass is 32.2. The molecule has 5 nitrogen and oxygen atoms in total. The van der Waals surface area contributed by atoms with Crippen LogP contribution in [0.5, 0.6) is 0 Å². The first-order valence-electron chi connectivity index (χ1n) is 8.94. The van der Waals surface area contributed by atoms with Crippen LogP contribution in [0.4, 0.5) is 5.69 Å². The molecule has 0 saturated heterocycles. The van der Waals surface area contributed by atoms with Crippen molar-refractivity contribution < 1.29 is 8.42 Å². The smallest absolute Gasteiger partial charge is 0.266 e. The number of thiophene rings is 1. The summed E-state index contributed by atoms with van der Waals surface area (Å²) in [5.74, 6) is 0. The van der Waals surface area contributed by atoms with Gasteiger partial charge in [0.25, 0.3) is 10.0 Å². The van der Waals surface area contributed by atoms with Crippen LogP contribution in [0, 0.1) is 0 Å². The van der Waals surface area contributed by atoms with Crippen LogP contribution >= 0.6 is 11.3 Å². The Morgan fingerprint density at radius 1 is 0.929 bits per heavy atom. The molecule has 0 N–H and O–H groups in total. The maximum atomic E-state index is 13.6. The van der Waals surface area contributed by atoms with E-state index in [1.165, 1.54) is 15.6 Å². The third kappa shape index (κ3) is 2.75. The van der Waals surface area contributed by atoms with Crippen LogP contribution in [0.25, 0.3) is 16.3 Å². The third-order valence-electron chi connectivity index (χ3n) is 4.87. The van der Waals surface area contributed by atoms with Crippen molar-refractivity contribution >= 4 is 27.0 Å². The molecule has 3 heterocycles. The molecule has 0 fully saturated rings. The molecule has 0 unspecified atom stereocenters. The lowest BCUT2D eigenvalue weighted by Crippen LogP contribution is -2.29. The number of para-hydroxylation sites is 2. The standard InChI is InChI=1S/C21H17N3O2S2/c25-28(26,24-13-12-16-7-4-5-10-18(16)24)20-15-23(17-8-2-1-3-9-17)22-21(20)19-11-6-14-27-19/h1-11,14-15H,12-13H2. The Morgan fingerprint density at radius 2 is 1.71 bits per heavy atom. The number of nitrogens with zero attached hydrogens (tertiary/aromatic N) is 3. The van der Waals surface area contributed by atoms with Gasteiger partial charge in [0.1, 0.15) is 10.6 Å². The van der Waals surface area contributed by atoms with E-state index in [4.69, 9.17) is 0 Å². The van der Waals surface area contributed by atoms with Gasteiger partial charge in [-0.1, -0.05) is 42.5 Å². The number of benzene rings is 2. The Labute approximate surface area is 167 Å². The second-order valence-corrected chi connectivity index (χ2v) is 9.33. The second kappa shape index (κ2) is 6.61. The maximum absolute atomic E-state index is 13.6. The van der Waals surface area contributed by atoms with Gasteiger partial charge in [-0.15, -0.1) is 11.3 Å². The minimum Gasteiger partial charge on any atom is -0.266 e. The van der Waals surface area contributed by atoms with E-state index in [0.717, 1.165) is 28.2 Å². The van der Waals surface area contributed by atoms with Crippen molar-refractivity contribution in [2.24, 2.45) is 0 Å². The fraction of sp³-hybridized carbons (Fsp3) is 0.0952. The van der Waals surface area contributed by atoms with Gasteiger partial charge in [-0.2, -0.15) is 5.10 Å². The van der Waals surface area contributed by atoms with E-state index in [2.05, 4.69) is 5.10 Å². The summed E-state index contributed by atoms with van der Waals surface area (Å²) in [6, 6.07) is 21.0. The number of fused-ring (bicyclic) bond motifs is 1. The fourth-order valence-corrected chi connectivity index (χ4v) is 5.94. The van der Waals surface area contributed by atoms with E-state index in [9.17, 15) is 8.42 Å². The van der Waals surface area contributed by atoms with Crippen molar-refractivity contribution in [3.63, 3.8) is 0 Å². The van der Waals surface area contributed by atoms with E-state index in [-0.39, 0.29) is 4.90 Å². The predicted molar refractivity (Wildman–Crippen MR) is 112 cm³/mol. The Hall–Kier alpha value is -2.90. The Morgan fingerprint density at radius 3 is 2.50 bits per heavy atom. The molecule has 5 rings (SSSR count). The fourth-order valence-electron chi connectivity index (χ4n) is 3.52. The molecule has 0 bridgehead atoms. The van der Waals surface area contributed by atoms with E-state index in [1.807, 2.05) is 72.1 Å².